The van der Waals surface area contributed by atoms with E-state index in [-0.39, 0.29) is 11.3 Å². The minimum Gasteiger partial charge on any atom is -0.482 e. The molecule has 0 aliphatic carbocycles. The lowest BCUT2D eigenvalue weighted by Gasteiger charge is -2.02. The van der Waals surface area contributed by atoms with Crippen LogP contribution in [0.1, 0.15) is 5.56 Å². The molecule has 0 aliphatic heterocycles. The molecular weight excluding hydrogens is 216 g/mol. The quantitative estimate of drug-likeness (QED) is 0.598. The molecule has 16 heavy (non-hydrogen) atoms. The maximum absolute atomic E-state index is 10.6. The van der Waals surface area contributed by atoms with E-state index in [1.54, 1.807) is 6.07 Å². The number of aliphatic carboxylic acids is 1. The Morgan fingerprint density at radius 3 is 2.81 bits per heavy atom. The van der Waals surface area contributed by atoms with Crippen LogP contribution in [0.5, 0.6) is 5.75 Å². The molecule has 0 bridgehead atoms. The second-order valence-corrected chi connectivity index (χ2v) is 2.73. The summed E-state index contributed by atoms with van der Waals surface area (Å²) < 4.78 is 4.74. The molecular formula is C9H6N2O5. The molecule has 1 aromatic carbocycles. The van der Waals surface area contributed by atoms with Crippen molar-refractivity contribution in [1.82, 2.24) is 0 Å². The minimum absolute atomic E-state index is 0.0353. The molecule has 1 aromatic rings. The lowest BCUT2D eigenvalue weighted by atomic mass is 10.2. The van der Waals surface area contributed by atoms with Crippen molar-refractivity contribution in [2.45, 2.75) is 0 Å². The number of nitriles is 1. The lowest BCUT2D eigenvalue weighted by molar-refractivity contribution is -0.385. The van der Waals surface area contributed by atoms with Gasteiger partial charge < -0.3 is 9.84 Å². The summed E-state index contributed by atoms with van der Waals surface area (Å²) in [5.74, 6) is -1.15. The molecule has 0 aromatic heterocycles. The monoisotopic (exact) mass is 222 g/mol. The van der Waals surface area contributed by atoms with Crippen molar-refractivity contribution in [2.24, 2.45) is 0 Å². The van der Waals surface area contributed by atoms with E-state index in [9.17, 15) is 14.9 Å². The Hall–Kier alpha value is -2.62. The summed E-state index contributed by atoms with van der Waals surface area (Å²) in [7, 11) is 0. The molecule has 0 radical (unpaired) electrons. The fourth-order valence-corrected chi connectivity index (χ4v) is 0.992. The van der Waals surface area contributed by atoms with Gasteiger partial charge in [0, 0.05) is 0 Å². The van der Waals surface area contributed by atoms with Crippen LogP contribution in [0.25, 0.3) is 0 Å². The number of carboxylic acids is 1. The third-order valence-electron chi connectivity index (χ3n) is 1.65. The highest BCUT2D eigenvalue weighted by Gasteiger charge is 2.15. The van der Waals surface area contributed by atoms with Crippen LogP contribution in [-0.2, 0) is 4.79 Å². The van der Waals surface area contributed by atoms with Gasteiger partial charge in [-0.3, -0.25) is 10.1 Å². The van der Waals surface area contributed by atoms with Crippen LogP contribution in [-0.4, -0.2) is 22.6 Å². The molecule has 0 saturated heterocycles. The highest BCUT2D eigenvalue weighted by atomic mass is 16.6. The van der Waals surface area contributed by atoms with Gasteiger partial charge in [0.1, 0.15) is 17.4 Å². The average molecular weight is 222 g/mol. The van der Waals surface area contributed by atoms with Gasteiger partial charge in [0.05, 0.1) is 11.0 Å². The predicted molar refractivity (Wildman–Crippen MR) is 50.9 cm³/mol. The Kier molecular flexibility index (Phi) is 3.40. The van der Waals surface area contributed by atoms with Crippen LogP contribution in [0, 0.1) is 21.4 Å². The zero-order chi connectivity index (χ0) is 12.1. The Labute approximate surface area is 89.6 Å². The van der Waals surface area contributed by atoms with Crippen LogP contribution >= 0.6 is 0 Å². The first kappa shape index (κ1) is 11.5. The van der Waals surface area contributed by atoms with Crippen LogP contribution in [0.2, 0.25) is 0 Å². The molecule has 1 N–H and O–H groups in total. The first-order valence-electron chi connectivity index (χ1n) is 4.07. The van der Waals surface area contributed by atoms with Crippen molar-refractivity contribution in [3.8, 4) is 11.8 Å². The average Bonchev–Trinajstić information content (AvgIpc) is 2.25. The first-order chi connectivity index (χ1) is 7.54. The van der Waals surface area contributed by atoms with Gasteiger partial charge in [-0.05, 0) is 12.1 Å². The summed E-state index contributed by atoms with van der Waals surface area (Å²) >= 11 is 0. The zero-order valence-corrected chi connectivity index (χ0v) is 7.91. The van der Waals surface area contributed by atoms with Crippen molar-refractivity contribution in [2.75, 3.05) is 6.61 Å². The topological polar surface area (TPSA) is 113 Å². The molecule has 1 rings (SSSR count). The molecule has 82 valence electrons. The minimum atomic E-state index is -1.19. The van der Waals surface area contributed by atoms with Gasteiger partial charge >= 0.3 is 5.97 Å². The number of nitro benzene ring substituents is 1. The summed E-state index contributed by atoms with van der Waals surface area (Å²) in [5.41, 5.74) is -0.516. The van der Waals surface area contributed by atoms with E-state index in [1.807, 2.05) is 0 Å². The van der Waals surface area contributed by atoms with Gasteiger partial charge in [-0.2, -0.15) is 5.26 Å². The van der Waals surface area contributed by atoms with Gasteiger partial charge in [-0.25, -0.2) is 4.79 Å². The predicted octanol–water partition coefficient (Wildman–Crippen LogP) is 0.930. The van der Waals surface area contributed by atoms with E-state index in [0.717, 1.165) is 6.07 Å². The SMILES string of the molecule is N#Cc1ccc(OCC(=O)O)cc1[N+](=O)[O-]. The van der Waals surface area contributed by atoms with Crippen LogP contribution < -0.4 is 4.74 Å². The van der Waals surface area contributed by atoms with Crippen LogP contribution in [0.15, 0.2) is 18.2 Å². The Morgan fingerprint density at radius 2 is 2.31 bits per heavy atom. The summed E-state index contributed by atoms with van der Waals surface area (Å²) in [5, 5.41) is 27.5. The van der Waals surface area contributed by atoms with Crippen molar-refractivity contribution in [3.05, 3.63) is 33.9 Å². The molecule has 7 nitrogen and oxygen atoms in total. The summed E-state index contributed by atoms with van der Waals surface area (Å²) in [6, 6.07) is 5.17. The van der Waals surface area contributed by atoms with Crippen molar-refractivity contribution < 1.29 is 19.6 Å². The lowest BCUT2D eigenvalue weighted by Crippen LogP contribution is -2.09. The standard InChI is InChI=1S/C9H6N2O5/c10-4-6-1-2-7(16-5-9(12)13)3-8(6)11(14)15/h1-3H,5H2,(H,12,13). The second kappa shape index (κ2) is 4.75. The van der Waals surface area contributed by atoms with E-state index in [2.05, 4.69) is 0 Å². The van der Waals surface area contributed by atoms with E-state index in [4.69, 9.17) is 15.1 Å². The molecule has 0 aliphatic rings. The first-order valence-corrected chi connectivity index (χ1v) is 4.07. The molecule has 0 atom stereocenters. The second-order valence-electron chi connectivity index (χ2n) is 2.73. The molecule has 0 saturated carbocycles. The van der Waals surface area contributed by atoms with Crippen LogP contribution in [0.4, 0.5) is 5.69 Å². The zero-order valence-electron chi connectivity index (χ0n) is 7.91. The Bertz CT molecular complexity index is 477. The van der Waals surface area contributed by atoms with Gasteiger partial charge in [-0.1, -0.05) is 0 Å². The number of nitro groups is 1. The van der Waals surface area contributed by atoms with Gasteiger partial charge in [-0.15, -0.1) is 0 Å². The van der Waals surface area contributed by atoms with Crippen molar-refractivity contribution >= 4 is 11.7 Å². The fourth-order valence-electron chi connectivity index (χ4n) is 0.992. The van der Waals surface area contributed by atoms with E-state index in [1.165, 1.54) is 12.1 Å². The fraction of sp³-hybridized carbons (Fsp3) is 0.111. The molecule has 7 heteroatoms. The highest BCUT2D eigenvalue weighted by Crippen LogP contribution is 2.23. The number of ether oxygens (including phenoxy) is 1. The van der Waals surface area contributed by atoms with E-state index >= 15 is 0 Å². The smallest absolute Gasteiger partial charge is 0.341 e. The van der Waals surface area contributed by atoms with Gasteiger partial charge in [0.2, 0.25) is 0 Å². The molecule has 0 fully saturated rings. The van der Waals surface area contributed by atoms with Gasteiger partial charge in [0.25, 0.3) is 5.69 Å². The van der Waals surface area contributed by atoms with Crippen molar-refractivity contribution in [3.63, 3.8) is 0 Å². The van der Waals surface area contributed by atoms with Gasteiger partial charge in [0.15, 0.2) is 6.61 Å². The number of benzene rings is 1. The summed E-state index contributed by atoms with van der Waals surface area (Å²) in [6.45, 7) is -0.594. The normalized spacial score (nSPS) is 9.19. The number of carbonyl (C=O) groups is 1. The number of rotatable bonds is 4. The number of hydrogen-bond acceptors (Lipinski definition) is 5. The molecule has 0 unspecified atom stereocenters. The number of nitrogens with zero attached hydrogens (tertiary/aromatic N) is 2. The summed E-state index contributed by atoms with van der Waals surface area (Å²) in [4.78, 5) is 20.0. The maximum Gasteiger partial charge on any atom is 0.341 e. The third-order valence-corrected chi connectivity index (χ3v) is 1.65. The maximum atomic E-state index is 10.6. The largest absolute Gasteiger partial charge is 0.482 e. The van der Waals surface area contributed by atoms with Crippen molar-refractivity contribution in [1.29, 1.82) is 5.26 Å². The third kappa shape index (κ3) is 2.68. The molecule has 0 spiro atoms. The molecule has 0 heterocycles. The Balaban J connectivity index is 2.99. The van der Waals surface area contributed by atoms with E-state index < -0.39 is 23.2 Å². The molecule has 0 amide bonds. The van der Waals surface area contributed by atoms with Crippen LogP contribution in [0.3, 0.4) is 0 Å². The van der Waals surface area contributed by atoms with E-state index in [0.29, 0.717) is 0 Å². The summed E-state index contributed by atoms with van der Waals surface area (Å²) in [6.07, 6.45) is 0. The number of carboxylic acid groups (broad SMARTS) is 1. The highest BCUT2D eigenvalue weighted by molar-refractivity contribution is 5.68. The number of hydrogen-bond donors (Lipinski definition) is 1. The Morgan fingerprint density at radius 1 is 1.62 bits per heavy atom.